The summed E-state index contributed by atoms with van der Waals surface area (Å²) in [6.45, 7) is 8.29. The Hall–Kier alpha value is -0.830. The van der Waals surface area contributed by atoms with E-state index in [2.05, 4.69) is 24.5 Å². The summed E-state index contributed by atoms with van der Waals surface area (Å²) in [5, 5.41) is 5.08. The van der Waals surface area contributed by atoms with Gasteiger partial charge in [-0.2, -0.15) is 0 Å². The maximum absolute atomic E-state index is 11.7. The van der Waals surface area contributed by atoms with E-state index in [0.29, 0.717) is 5.92 Å². The first-order chi connectivity index (χ1) is 8.06. The number of thiophene rings is 1. The Kier molecular flexibility index (Phi) is 5.69. The van der Waals surface area contributed by atoms with Crippen molar-refractivity contribution in [1.82, 2.24) is 0 Å². The highest BCUT2D eigenvalue weighted by Gasteiger charge is 2.15. The van der Waals surface area contributed by atoms with Crippen LogP contribution in [0.3, 0.4) is 0 Å². The fourth-order valence-corrected chi connectivity index (χ4v) is 2.67. The van der Waals surface area contributed by atoms with Crippen LogP contribution in [0.15, 0.2) is 11.4 Å². The molecule has 0 spiro atoms. The van der Waals surface area contributed by atoms with E-state index in [9.17, 15) is 4.79 Å². The number of carbonyl (C=O) groups excluding carboxylic acids is 1. The molecule has 0 saturated heterocycles. The van der Waals surface area contributed by atoms with E-state index < -0.39 is 0 Å². The van der Waals surface area contributed by atoms with Gasteiger partial charge in [0.1, 0.15) is 0 Å². The van der Waals surface area contributed by atoms with Crippen LogP contribution in [0.4, 0.5) is 5.69 Å². The standard InChI is InChI=1S/C14H23NOS/c1-5-6-7-11(4)13-12(8-9-17-13)15-14(16)10(2)3/h8-11H,5-7H2,1-4H3,(H,15,16)/t11-/m0/s1. The minimum atomic E-state index is 0.0358. The van der Waals surface area contributed by atoms with Gasteiger partial charge in [-0.05, 0) is 23.8 Å². The summed E-state index contributed by atoms with van der Waals surface area (Å²) in [6, 6.07) is 2.02. The van der Waals surface area contributed by atoms with Crippen molar-refractivity contribution in [3.63, 3.8) is 0 Å². The average Bonchev–Trinajstić information content (AvgIpc) is 2.73. The van der Waals surface area contributed by atoms with Gasteiger partial charge in [-0.1, -0.05) is 40.5 Å². The Morgan fingerprint density at radius 3 is 2.71 bits per heavy atom. The van der Waals surface area contributed by atoms with Crippen LogP contribution in [0.1, 0.15) is 57.8 Å². The summed E-state index contributed by atoms with van der Waals surface area (Å²) in [6.07, 6.45) is 3.67. The second-order valence-electron chi connectivity index (χ2n) is 4.89. The number of anilines is 1. The average molecular weight is 253 g/mol. The van der Waals surface area contributed by atoms with Crippen molar-refractivity contribution in [1.29, 1.82) is 0 Å². The van der Waals surface area contributed by atoms with Crippen LogP contribution in [-0.4, -0.2) is 5.91 Å². The molecule has 96 valence electrons. The molecule has 1 atom stereocenters. The van der Waals surface area contributed by atoms with Crippen molar-refractivity contribution < 1.29 is 4.79 Å². The summed E-state index contributed by atoms with van der Waals surface area (Å²) in [5.74, 6) is 0.679. The molecule has 1 N–H and O–H groups in total. The van der Waals surface area contributed by atoms with Crippen molar-refractivity contribution in [2.24, 2.45) is 5.92 Å². The largest absolute Gasteiger partial charge is 0.325 e. The predicted molar refractivity (Wildman–Crippen MR) is 75.7 cm³/mol. The smallest absolute Gasteiger partial charge is 0.226 e. The number of hydrogen-bond acceptors (Lipinski definition) is 2. The summed E-state index contributed by atoms with van der Waals surface area (Å²) in [4.78, 5) is 13.0. The molecule has 1 aromatic heterocycles. The number of amides is 1. The summed E-state index contributed by atoms with van der Waals surface area (Å²) in [7, 11) is 0. The molecule has 0 fully saturated rings. The van der Waals surface area contributed by atoms with Gasteiger partial charge in [0.05, 0.1) is 5.69 Å². The van der Waals surface area contributed by atoms with Crippen LogP contribution < -0.4 is 5.32 Å². The molecule has 0 unspecified atom stereocenters. The summed E-state index contributed by atoms with van der Waals surface area (Å²) in [5.41, 5.74) is 1.01. The zero-order valence-corrected chi connectivity index (χ0v) is 12.1. The molecule has 1 heterocycles. The van der Waals surface area contributed by atoms with E-state index in [1.165, 1.54) is 24.1 Å². The van der Waals surface area contributed by atoms with Gasteiger partial charge >= 0.3 is 0 Å². The molecule has 0 aliphatic carbocycles. The first kappa shape index (κ1) is 14.2. The third-order valence-electron chi connectivity index (χ3n) is 2.92. The quantitative estimate of drug-likeness (QED) is 0.786. The normalized spacial score (nSPS) is 12.8. The van der Waals surface area contributed by atoms with E-state index in [1.807, 2.05) is 19.9 Å². The van der Waals surface area contributed by atoms with E-state index in [0.717, 1.165) is 5.69 Å². The van der Waals surface area contributed by atoms with Crippen LogP contribution in [-0.2, 0) is 4.79 Å². The van der Waals surface area contributed by atoms with Crippen LogP contribution in [0.5, 0.6) is 0 Å². The minimum Gasteiger partial charge on any atom is -0.325 e. The third kappa shape index (κ3) is 4.15. The molecular weight excluding hydrogens is 230 g/mol. The fourth-order valence-electron chi connectivity index (χ4n) is 1.72. The number of carbonyl (C=O) groups is 1. The van der Waals surface area contributed by atoms with Gasteiger partial charge in [-0.3, -0.25) is 4.79 Å². The summed E-state index contributed by atoms with van der Waals surface area (Å²) >= 11 is 1.75. The zero-order valence-electron chi connectivity index (χ0n) is 11.2. The molecule has 0 aliphatic rings. The van der Waals surface area contributed by atoms with Gasteiger partial charge in [0.2, 0.25) is 5.91 Å². The van der Waals surface area contributed by atoms with Gasteiger partial charge in [0.15, 0.2) is 0 Å². The monoisotopic (exact) mass is 253 g/mol. The lowest BCUT2D eigenvalue weighted by molar-refractivity contribution is -0.118. The minimum absolute atomic E-state index is 0.0358. The number of hydrogen-bond donors (Lipinski definition) is 1. The Labute approximate surface area is 108 Å². The molecule has 0 saturated carbocycles. The van der Waals surface area contributed by atoms with E-state index >= 15 is 0 Å². The van der Waals surface area contributed by atoms with Gasteiger partial charge in [0, 0.05) is 10.8 Å². The highest BCUT2D eigenvalue weighted by molar-refractivity contribution is 7.10. The van der Waals surface area contributed by atoms with Crippen LogP contribution in [0.2, 0.25) is 0 Å². The molecular formula is C14H23NOS. The first-order valence-electron chi connectivity index (χ1n) is 6.44. The van der Waals surface area contributed by atoms with Crippen LogP contribution in [0, 0.1) is 5.92 Å². The maximum atomic E-state index is 11.7. The Bertz CT molecular complexity index is 357. The molecule has 0 radical (unpaired) electrons. The highest BCUT2D eigenvalue weighted by atomic mass is 32.1. The van der Waals surface area contributed by atoms with Gasteiger partial charge in [-0.15, -0.1) is 11.3 Å². The lowest BCUT2D eigenvalue weighted by Gasteiger charge is -2.13. The van der Waals surface area contributed by atoms with Gasteiger partial charge in [0.25, 0.3) is 0 Å². The predicted octanol–water partition coefficient (Wildman–Crippen LogP) is 4.64. The van der Waals surface area contributed by atoms with Crippen molar-refractivity contribution in [3.8, 4) is 0 Å². The van der Waals surface area contributed by atoms with Crippen LogP contribution in [0.25, 0.3) is 0 Å². The molecule has 0 bridgehead atoms. The molecule has 17 heavy (non-hydrogen) atoms. The molecule has 0 aromatic carbocycles. The van der Waals surface area contributed by atoms with Gasteiger partial charge < -0.3 is 5.32 Å². The Morgan fingerprint density at radius 2 is 2.12 bits per heavy atom. The van der Waals surface area contributed by atoms with Gasteiger partial charge in [-0.25, -0.2) is 0 Å². The second-order valence-corrected chi connectivity index (χ2v) is 5.83. The summed E-state index contributed by atoms with van der Waals surface area (Å²) < 4.78 is 0. The molecule has 1 rings (SSSR count). The van der Waals surface area contributed by atoms with Crippen molar-refractivity contribution in [2.45, 2.75) is 52.9 Å². The highest BCUT2D eigenvalue weighted by Crippen LogP contribution is 2.33. The van der Waals surface area contributed by atoms with E-state index in [1.54, 1.807) is 11.3 Å². The molecule has 0 aliphatic heterocycles. The van der Waals surface area contributed by atoms with Crippen molar-refractivity contribution in [2.75, 3.05) is 5.32 Å². The molecule has 3 heteroatoms. The van der Waals surface area contributed by atoms with Crippen molar-refractivity contribution in [3.05, 3.63) is 16.3 Å². The number of unbranched alkanes of at least 4 members (excludes halogenated alkanes) is 1. The maximum Gasteiger partial charge on any atom is 0.226 e. The number of rotatable bonds is 6. The van der Waals surface area contributed by atoms with Crippen molar-refractivity contribution >= 4 is 22.9 Å². The second kappa shape index (κ2) is 6.80. The van der Waals surface area contributed by atoms with E-state index in [4.69, 9.17) is 0 Å². The fraction of sp³-hybridized carbons (Fsp3) is 0.643. The SMILES string of the molecule is CCCC[C@H](C)c1sccc1NC(=O)C(C)C. The molecule has 1 amide bonds. The zero-order chi connectivity index (χ0) is 12.8. The Morgan fingerprint density at radius 1 is 1.41 bits per heavy atom. The molecule has 2 nitrogen and oxygen atoms in total. The topological polar surface area (TPSA) is 29.1 Å². The van der Waals surface area contributed by atoms with E-state index in [-0.39, 0.29) is 11.8 Å². The third-order valence-corrected chi connectivity index (χ3v) is 4.06. The lowest BCUT2D eigenvalue weighted by Crippen LogP contribution is -2.18. The first-order valence-corrected chi connectivity index (χ1v) is 7.32. The molecule has 1 aromatic rings. The van der Waals surface area contributed by atoms with Crippen LogP contribution >= 0.6 is 11.3 Å². The number of nitrogens with one attached hydrogen (secondary N) is 1. The lowest BCUT2D eigenvalue weighted by atomic mass is 10.0. The Balaban J connectivity index is 2.68.